The molecule has 1 aromatic heterocycles. The van der Waals surface area contributed by atoms with Crippen molar-refractivity contribution in [1.82, 2.24) is 14.7 Å². The van der Waals surface area contributed by atoms with Gasteiger partial charge in [0.1, 0.15) is 0 Å². The van der Waals surface area contributed by atoms with E-state index in [0.717, 1.165) is 37.3 Å². The zero-order chi connectivity index (χ0) is 16.9. The normalized spacial score (nSPS) is 14.2. The smallest absolute Gasteiger partial charge is 0.359 e. The minimum atomic E-state index is -0.335. The number of carbonyl (C=O) groups is 1. The Morgan fingerprint density at radius 3 is 2.88 bits per heavy atom. The van der Waals surface area contributed by atoms with Crippen molar-refractivity contribution in [2.24, 2.45) is 0 Å². The van der Waals surface area contributed by atoms with Crippen molar-refractivity contribution in [2.75, 3.05) is 13.2 Å². The average molecular weight is 325 g/mol. The summed E-state index contributed by atoms with van der Waals surface area (Å²) in [7, 11) is 0. The Morgan fingerprint density at radius 2 is 2.17 bits per heavy atom. The maximum absolute atomic E-state index is 12.3. The molecule has 3 rings (SSSR count). The van der Waals surface area contributed by atoms with Crippen molar-refractivity contribution in [1.29, 1.82) is 0 Å². The predicted molar refractivity (Wildman–Crippen MR) is 92.6 cm³/mol. The number of fused-ring (bicyclic) bond motifs is 1. The standard InChI is InChI=1S/C19H23N3O2/c1-3-11-22-17-10-12-21(13-15-8-6-5-7-9-15)14-16(17)18(20-22)19(23)24-4-2/h3,5-9H,1,4,10-14H2,2H3. The third kappa shape index (κ3) is 3.41. The highest BCUT2D eigenvalue weighted by Crippen LogP contribution is 2.24. The van der Waals surface area contributed by atoms with E-state index in [0.29, 0.717) is 18.8 Å². The van der Waals surface area contributed by atoms with E-state index in [9.17, 15) is 4.79 Å². The first-order valence-corrected chi connectivity index (χ1v) is 8.35. The first kappa shape index (κ1) is 16.5. The molecule has 0 atom stereocenters. The topological polar surface area (TPSA) is 47.4 Å². The maximum Gasteiger partial charge on any atom is 0.359 e. The second kappa shape index (κ2) is 7.45. The van der Waals surface area contributed by atoms with Gasteiger partial charge in [-0.25, -0.2) is 4.79 Å². The lowest BCUT2D eigenvalue weighted by Gasteiger charge is -2.27. The monoisotopic (exact) mass is 325 g/mol. The summed E-state index contributed by atoms with van der Waals surface area (Å²) in [6.45, 7) is 9.10. The number of esters is 1. The number of carbonyl (C=O) groups excluding carboxylic acids is 1. The molecule has 0 spiro atoms. The molecule has 2 heterocycles. The average Bonchev–Trinajstić information content (AvgIpc) is 2.95. The number of aromatic nitrogens is 2. The molecule has 0 radical (unpaired) electrons. The Kier molecular flexibility index (Phi) is 5.11. The second-order valence-corrected chi connectivity index (χ2v) is 5.91. The summed E-state index contributed by atoms with van der Waals surface area (Å²) >= 11 is 0. The maximum atomic E-state index is 12.3. The van der Waals surface area contributed by atoms with Gasteiger partial charge in [-0.3, -0.25) is 9.58 Å². The Bertz CT molecular complexity index is 722. The molecule has 0 N–H and O–H groups in total. The fraction of sp³-hybridized carbons (Fsp3) is 0.368. The minimum Gasteiger partial charge on any atom is -0.461 e. The number of hydrogen-bond donors (Lipinski definition) is 0. The summed E-state index contributed by atoms with van der Waals surface area (Å²) in [6.07, 6.45) is 2.68. The summed E-state index contributed by atoms with van der Waals surface area (Å²) < 4.78 is 7.06. The molecule has 5 heteroatoms. The second-order valence-electron chi connectivity index (χ2n) is 5.91. The van der Waals surface area contributed by atoms with Gasteiger partial charge in [0.25, 0.3) is 0 Å². The lowest BCUT2D eigenvalue weighted by molar-refractivity contribution is 0.0515. The van der Waals surface area contributed by atoms with Crippen LogP contribution >= 0.6 is 0 Å². The van der Waals surface area contributed by atoms with Crippen LogP contribution in [-0.2, 0) is 30.8 Å². The molecule has 0 fully saturated rings. The molecular weight excluding hydrogens is 302 g/mol. The van der Waals surface area contributed by atoms with Crippen LogP contribution in [0.1, 0.15) is 34.2 Å². The molecule has 0 aliphatic carbocycles. The molecule has 0 unspecified atom stereocenters. The number of benzene rings is 1. The van der Waals surface area contributed by atoms with E-state index in [1.807, 2.05) is 17.7 Å². The van der Waals surface area contributed by atoms with Gasteiger partial charge in [0.15, 0.2) is 5.69 Å². The van der Waals surface area contributed by atoms with Gasteiger partial charge in [0, 0.05) is 37.3 Å². The van der Waals surface area contributed by atoms with E-state index in [1.165, 1.54) is 5.56 Å². The van der Waals surface area contributed by atoms with Gasteiger partial charge in [-0.1, -0.05) is 36.4 Å². The fourth-order valence-electron chi connectivity index (χ4n) is 3.16. The number of allylic oxidation sites excluding steroid dienone is 1. The van der Waals surface area contributed by atoms with E-state index in [2.05, 4.69) is 40.8 Å². The molecule has 0 saturated heterocycles. The van der Waals surface area contributed by atoms with Gasteiger partial charge in [0.05, 0.1) is 13.2 Å². The molecule has 5 nitrogen and oxygen atoms in total. The largest absolute Gasteiger partial charge is 0.461 e. The van der Waals surface area contributed by atoms with Crippen LogP contribution < -0.4 is 0 Å². The summed E-state index contributed by atoms with van der Waals surface area (Å²) in [6, 6.07) is 10.4. The van der Waals surface area contributed by atoms with Crippen molar-refractivity contribution >= 4 is 5.97 Å². The van der Waals surface area contributed by atoms with Crippen LogP contribution in [-0.4, -0.2) is 33.8 Å². The van der Waals surface area contributed by atoms with Gasteiger partial charge in [0.2, 0.25) is 0 Å². The van der Waals surface area contributed by atoms with Crippen molar-refractivity contribution in [3.63, 3.8) is 0 Å². The molecule has 24 heavy (non-hydrogen) atoms. The number of rotatable bonds is 6. The molecule has 0 saturated carbocycles. The third-order valence-electron chi connectivity index (χ3n) is 4.23. The van der Waals surface area contributed by atoms with Crippen LogP contribution in [0, 0.1) is 0 Å². The quantitative estimate of drug-likeness (QED) is 0.605. The van der Waals surface area contributed by atoms with Crippen molar-refractivity contribution in [3.8, 4) is 0 Å². The first-order valence-electron chi connectivity index (χ1n) is 8.35. The Labute approximate surface area is 142 Å². The highest BCUT2D eigenvalue weighted by Gasteiger charge is 2.28. The van der Waals surface area contributed by atoms with Crippen molar-refractivity contribution in [2.45, 2.75) is 33.0 Å². The van der Waals surface area contributed by atoms with Crippen molar-refractivity contribution < 1.29 is 9.53 Å². The lowest BCUT2D eigenvalue weighted by Crippen LogP contribution is -2.31. The van der Waals surface area contributed by atoms with Crippen LogP contribution in [0.15, 0.2) is 43.0 Å². The molecule has 0 amide bonds. The van der Waals surface area contributed by atoms with Crippen molar-refractivity contribution in [3.05, 3.63) is 65.5 Å². The molecule has 1 aliphatic heterocycles. The number of nitrogens with zero attached hydrogens (tertiary/aromatic N) is 3. The summed E-state index contributed by atoms with van der Waals surface area (Å²) in [4.78, 5) is 14.6. The van der Waals surface area contributed by atoms with Gasteiger partial charge in [-0.05, 0) is 12.5 Å². The van der Waals surface area contributed by atoms with Crippen LogP contribution in [0.3, 0.4) is 0 Å². The van der Waals surface area contributed by atoms with Crippen LogP contribution in [0.2, 0.25) is 0 Å². The van der Waals surface area contributed by atoms with E-state index in [1.54, 1.807) is 6.08 Å². The SMILES string of the molecule is C=CCn1nc(C(=O)OCC)c2c1CCN(Cc1ccccc1)C2. The number of hydrogen-bond acceptors (Lipinski definition) is 4. The fourth-order valence-corrected chi connectivity index (χ4v) is 3.16. The first-order chi connectivity index (χ1) is 11.7. The molecule has 1 aliphatic rings. The van der Waals surface area contributed by atoms with Crippen LogP contribution in [0.5, 0.6) is 0 Å². The van der Waals surface area contributed by atoms with E-state index in [4.69, 9.17) is 4.74 Å². The third-order valence-corrected chi connectivity index (χ3v) is 4.23. The number of ether oxygens (including phenoxy) is 1. The van der Waals surface area contributed by atoms with Gasteiger partial charge < -0.3 is 4.74 Å². The van der Waals surface area contributed by atoms with Crippen LogP contribution in [0.4, 0.5) is 0 Å². The van der Waals surface area contributed by atoms with Gasteiger partial charge in [-0.15, -0.1) is 6.58 Å². The van der Waals surface area contributed by atoms with E-state index < -0.39 is 0 Å². The van der Waals surface area contributed by atoms with Gasteiger partial charge in [-0.2, -0.15) is 5.10 Å². The Hall–Kier alpha value is -2.40. The summed E-state index contributed by atoms with van der Waals surface area (Å²) in [5.74, 6) is -0.335. The molecule has 126 valence electrons. The van der Waals surface area contributed by atoms with E-state index in [-0.39, 0.29) is 5.97 Å². The summed E-state index contributed by atoms with van der Waals surface area (Å²) in [5.41, 5.74) is 3.85. The highest BCUT2D eigenvalue weighted by atomic mass is 16.5. The summed E-state index contributed by atoms with van der Waals surface area (Å²) in [5, 5.41) is 4.49. The Morgan fingerprint density at radius 1 is 1.38 bits per heavy atom. The minimum absolute atomic E-state index is 0.335. The molecular formula is C19H23N3O2. The molecule has 0 bridgehead atoms. The van der Waals surface area contributed by atoms with Crippen LogP contribution in [0.25, 0.3) is 0 Å². The predicted octanol–water partition coefficient (Wildman–Crippen LogP) is 2.80. The van der Waals surface area contributed by atoms with Gasteiger partial charge >= 0.3 is 5.97 Å². The molecule has 2 aromatic rings. The molecule has 1 aromatic carbocycles. The highest BCUT2D eigenvalue weighted by molar-refractivity contribution is 5.89. The zero-order valence-electron chi connectivity index (χ0n) is 14.1. The van der Waals surface area contributed by atoms with E-state index >= 15 is 0 Å². The Balaban J connectivity index is 1.85. The zero-order valence-corrected chi connectivity index (χ0v) is 14.1. The lowest BCUT2D eigenvalue weighted by atomic mass is 10.0.